The molecule has 146 valence electrons. The second kappa shape index (κ2) is 8.67. The molecule has 0 aromatic heterocycles. The number of anilines is 1. The van der Waals surface area contributed by atoms with Crippen LogP contribution in [0.1, 0.15) is 57.7 Å². The van der Waals surface area contributed by atoms with Gasteiger partial charge in [-0.25, -0.2) is 13.1 Å². The molecule has 0 bridgehead atoms. The fourth-order valence-corrected chi connectivity index (χ4v) is 4.21. The molecule has 5 nitrogen and oxygen atoms in total. The molecule has 0 aliphatic carbocycles. The molecular formula is C21H28N2O3S. The molecule has 0 fully saturated rings. The maximum absolute atomic E-state index is 12.8. The molecule has 27 heavy (non-hydrogen) atoms. The fraction of sp³-hybridized carbons (Fsp3) is 0.381. The van der Waals surface area contributed by atoms with E-state index < -0.39 is 10.0 Å². The zero-order valence-corrected chi connectivity index (χ0v) is 17.3. The molecule has 0 aliphatic rings. The molecule has 1 amide bonds. The number of hydrogen-bond acceptors (Lipinski definition) is 3. The zero-order chi connectivity index (χ0) is 20.2. The number of carbonyl (C=O) groups excluding carboxylic acids is 1. The third-order valence-electron chi connectivity index (χ3n) is 4.40. The van der Waals surface area contributed by atoms with E-state index in [0.717, 1.165) is 5.56 Å². The van der Waals surface area contributed by atoms with Crippen LogP contribution in [0.2, 0.25) is 0 Å². The van der Waals surface area contributed by atoms with E-state index in [-0.39, 0.29) is 22.8 Å². The summed E-state index contributed by atoms with van der Waals surface area (Å²) in [7, 11) is -3.69. The van der Waals surface area contributed by atoms with E-state index in [1.165, 1.54) is 24.6 Å². The Bertz CT molecular complexity index is 871. The number of benzene rings is 2. The molecule has 0 saturated carbocycles. The summed E-state index contributed by atoms with van der Waals surface area (Å²) in [6.07, 6.45) is 0. The van der Waals surface area contributed by atoms with E-state index in [1.54, 1.807) is 12.1 Å². The third kappa shape index (κ3) is 5.65. The van der Waals surface area contributed by atoms with Crippen LogP contribution in [-0.2, 0) is 14.8 Å². The van der Waals surface area contributed by atoms with Gasteiger partial charge < -0.3 is 5.32 Å². The first-order chi connectivity index (χ1) is 12.6. The first-order valence-corrected chi connectivity index (χ1v) is 10.6. The van der Waals surface area contributed by atoms with Crippen molar-refractivity contribution >= 4 is 21.6 Å². The lowest BCUT2D eigenvalue weighted by Crippen LogP contribution is -2.31. The summed E-state index contributed by atoms with van der Waals surface area (Å²) in [5.41, 5.74) is 2.72. The average molecular weight is 389 g/mol. The Morgan fingerprint density at radius 2 is 1.37 bits per heavy atom. The lowest BCUT2D eigenvalue weighted by atomic mass is 9.94. The normalized spacial score (nSPS) is 13.0. The molecule has 6 heteroatoms. The van der Waals surface area contributed by atoms with Gasteiger partial charge in [-0.15, -0.1) is 0 Å². The van der Waals surface area contributed by atoms with Crippen molar-refractivity contribution in [1.29, 1.82) is 0 Å². The van der Waals surface area contributed by atoms with Gasteiger partial charge in [-0.05, 0) is 47.2 Å². The quantitative estimate of drug-likeness (QED) is 0.736. The Hall–Kier alpha value is -2.18. The molecule has 0 radical (unpaired) electrons. The van der Waals surface area contributed by atoms with Crippen LogP contribution in [0.3, 0.4) is 0 Å². The van der Waals surface area contributed by atoms with Gasteiger partial charge in [0.05, 0.1) is 4.90 Å². The van der Waals surface area contributed by atoms with Crippen molar-refractivity contribution in [1.82, 2.24) is 4.72 Å². The van der Waals surface area contributed by atoms with Gasteiger partial charge in [-0.1, -0.05) is 52.0 Å². The highest BCUT2D eigenvalue weighted by Crippen LogP contribution is 2.26. The van der Waals surface area contributed by atoms with Gasteiger partial charge in [0.25, 0.3) is 0 Å². The Morgan fingerprint density at radius 3 is 1.81 bits per heavy atom. The second-order valence-corrected chi connectivity index (χ2v) is 9.08. The molecule has 2 N–H and O–H groups in total. The second-order valence-electron chi connectivity index (χ2n) is 7.37. The van der Waals surface area contributed by atoms with Crippen LogP contribution in [0.4, 0.5) is 5.69 Å². The maximum Gasteiger partial charge on any atom is 0.241 e. The molecule has 2 rings (SSSR count). The summed E-state index contributed by atoms with van der Waals surface area (Å²) in [6.45, 7) is 9.64. The van der Waals surface area contributed by atoms with Crippen molar-refractivity contribution in [3.8, 4) is 0 Å². The van der Waals surface area contributed by atoms with Crippen molar-refractivity contribution in [3.05, 3.63) is 59.7 Å². The number of hydrogen-bond donors (Lipinski definition) is 2. The summed E-state index contributed by atoms with van der Waals surface area (Å²) >= 11 is 0. The van der Waals surface area contributed by atoms with Crippen LogP contribution in [-0.4, -0.2) is 14.3 Å². The van der Waals surface area contributed by atoms with E-state index in [0.29, 0.717) is 11.6 Å². The molecule has 0 heterocycles. The standard InChI is InChI=1S/C21H28N2O3S/c1-14(2)17-6-8-18(9-7-17)21(15(3)4)23-27(25,26)20-12-10-19(11-13-20)22-16(5)24/h6-15,21,23H,1-5H3,(H,22,24)/t21-/m0/s1. The Morgan fingerprint density at radius 1 is 0.852 bits per heavy atom. The van der Waals surface area contributed by atoms with Crippen molar-refractivity contribution < 1.29 is 13.2 Å². The lowest BCUT2D eigenvalue weighted by molar-refractivity contribution is -0.114. The van der Waals surface area contributed by atoms with Crippen LogP contribution in [0.5, 0.6) is 0 Å². The van der Waals surface area contributed by atoms with Crippen LogP contribution in [0, 0.1) is 5.92 Å². The summed E-state index contributed by atoms with van der Waals surface area (Å²) in [4.78, 5) is 11.3. The van der Waals surface area contributed by atoms with Gasteiger partial charge in [0.15, 0.2) is 0 Å². The average Bonchev–Trinajstić information content (AvgIpc) is 2.59. The van der Waals surface area contributed by atoms with E-state index in [4.69, 9.17) is 0 Å². The van der Waals surface area contributed by atoms with Gasteiger partial charge in [0.1, 0.15) is 0 Å². The van der Waals surface area contributed by atoms with Crippen molar-refractivity contribution in [2.24, 2.45) is 5.92 Å². The maximum atomic E-state index is 12.8. The Labute approximate surface area is 162 Å². The van der Waals surface area contributed by atoms with Gasteiger partial charge >= 0.3 is 0 Å². The topological polar surface area (TPSA) is 75.3 Å². The molecule has 0 saturated heterocycles. The minimum Gasteiger partial charge on any atom is -0.326 e. The van der Waals surface area contributed by atoms with Crippen LogP contribution >= 0.6 is 0 Å². The smallest absolute Gasteiger partial charge is 0.241 e. The predicted octanol–water partition coefficient (Wildman–Crippen LogP) is 4.44. The summed E-state index contributed by atoms with van der Waals surface area (Å²) in [6, 6.07) is 13.9. The SMILES string of the molecule is CC(=O)Nc1ccc(S(=O)(=O)N[C@H](c2ccc(C(C)C)cc2)C(C)C)cc1. The summed E-state index contributed by atoms with van der Waals surface area (Å²) in [5.74, 6) is 0.312. The van der Waals surface area contributed by atoms with E-state index in [1.807, 2.05) is 38.1 Å². The molecular weight excluding hydrogens is 360 g/mol. The molecule has 1 atom stereocenters. The number of nitrogens with one attached hydrogen (secondary N) is 2. The van der Waals surface area contributed by atoms with Crippen molar-refractivity contribution in [2.75, 3.05) is 5.32 Å². The van der Waals surface area contributed by atoms with Gasteiger partial charge in [-0.3, -0.25) is 4.79 Å². The highest BCUT2D eigenvalue weighted by molar-refractivity contribution is 7.89. The number of sulfonamides is 1. The molecule has 0 spiro atoms. The number of carbonyl (C=O) groups is 1. The van der Waals surface area contributed by atoms with Crippen LogP contribution in [0.25, 0.3) is 0 Å². The van der Waals surface area contributed by atoms with Crippen molar-refractivity contribution in [3.63, 3.8) is 0 Å². The Balaban J connectivity index is 2.25. The minimum absolute atomic E-state index is 0.0864. The van der Waals surface area contributed by atoms with Gasteiger partial charge in [0.2, 0.25) is 15.9 Å². The van der Waals surface area contributed by atoms with Crippen LogP contribution in [0.15, 0.2) is 53.4 Å². The minimum atomic E-state index is -3.69. The highest BCUT2D eigenvalue weighted by atomic mass is 32.2. The predicted molar refractivity (Wildman–Crippen MR) is 109 cm³/mol. The van der Waals surface area contributed by atoms with E-state index in [2.05, 4.69) is 23.9 Å². The summed E-state index contributed by atoms with van der Waals surface area (Å²) in [5, 5.41) is 2.63. The molecule has 2 aromatic carbocycles. The van der Waals surface area contributed by atoms with Gasteiger partial charge in [-0.2, -0.15) is 0 Å². The molecule has 0 unspecified atom stereocenters. The largest absolute Gasteiger partial charge is 0.326 e. The third-order valence-corrected chi connectivity index (χ3v) is 5.85. The summed E-state index contributed by atoms with van der Waals surface area (Å²) < 4.78 is 28.5. The monoisotopic (exact) mass is 388 g/mol. The highest BCUT2D eigenvalue weighted by Gasteiger charge is 2.24. The zero-order valence-electron chi connectivity index (χ0n) is 16.5. The lowest BCUT2D eigenvalue weighted by Gasteiger charge is -2.23. The first-order valence-electron chi connectivity index (χ1n) is 9.10. The van der Waals surface area contributed by atoms with E-state index >= 15 is 0 Å². The fourth-order valence-electron chi connectivity index (χ4n) is 2.83. The van der Waals surface area contributed by atoms with Crippen molar-refractivity contribution in [2.45, 2.75) is 51.5 Å². The molecule has 0 aliphatic heterocycles. The molecule has 2 aromatic rings. The van der Waals surface area contributed by atoms with Crippen LogP contribution < -0.4 is 10.0 Å². The first kappa shape index (κ1) is 21.1. The number of rotatable bonds is 7. The number of amides is 1. The Kier molecular flexibility index (Phi) is 6.78. The van der Waals surface area contributed by atoms with Gasteiger partial charge in [0, 0.05) is 18.7 Å². The van der Waals surface area contributed by atoms with E-state index in [9.17, 15) is 13.2 Å².